The molecule has 0 fully saturated rings. The van der Waals surface area contributed by atoms with E-state index in [0.29, 0.717) is 13.2 Å². The van der Waals surface area contributed by atoms with Crippen molar-refractivity contribution in [2.45, 2.75) is 19.4 Å². The standard InChI is InChI=1S/C18H17N3O/c19-12-13-21-17-10-5-4-9-16(17)20-18(21)11-6-14-22-15-7-2-1-3-8-15/h1-5,7-10H,6,11,13-14H2. The number of ether oxygens (including phenoxy) is 1. The molecule has 0 aliphatic heterocycles. The Morgan fingerprint density at radius 1 is 1.05 bits per heavy atom. The maximum absolute atomic E-state index is 9.02. The van der Waals surface area contributed by atoms with Crippen molar-refractivity contribution in [3.8, 4) is 11.8 Å². The Kier molecular flexibility index (Phi) is 4.35. The third kappa shape index (κ3) is 3.09. The highest BCUT2D eigenvalue weighted by atomic mass is 16.5. The Morgan fingerprint density at radius 2 is 1.82 bits per heavy atom. The average molecular weight is 291 g/mol. The lowest BCUT2D eigenvalue weighted by molar-refractivity contribution is 0.309. The Hall–Kier alpha value is -2.80. The molecule has 0 saturated carbocycles. The number of rotatable bonds is 6. The largest absolute Gasteiger partial charge is 0.494 e. The fourth-order valence-corrected chi connectivity index (χ4v) is 2.50. The van der Waals surface area contributed by atoms with Gasteiger partial charge in [0.25, 0.3) is 0 Å². The van der Waals surface area contributed by atoms with E-state index in [4.69, 9.17) is 10.00 Å². The summed E-state index contributed by atoms with van der Waals surface area (Å²) in [7, 11) is 0. The lowest BCUT2D eigenvalue weighted by Crippen LogP contribution is -2.06. The number of hydrogen-bond acceptors (Lipinski definition) is 3. The van der Waals surface area contributed by atoms with Gasteiger partial charge in [0.1, 0.15) is 18.1 Å². The Bertz CT molecular complexity index is 787. The van der Waals surface area contributed by atoms with E-state index in [1.807, 2.05) is 59.2 Å². The zero-order chi connectivity index (χ0) is 15.2. The van der Waals surface area contributed by atoms with Crippen molar-refractivity contribution in [3.05, 3.63) is 60.4 Å². The summed E-state index contributed by atoms with van der Waals surface area (Å²) in [5, 5.41) is 9.02. The van der Waals surface area contributed by atoms with Crippen molar-refractivity contribution < 1.29 is 4.74 Å². The van der Waals surface area contributed by atoms with Gasteiger partial charge in [-0.1, -0.05) is 30.3 Å². The van der Waals surface area contributed by atoms with Gasteiger partial charge in [0.15, 0.2) is 0 Å². The highest BCUT2D eigenvalue weighted by Crippen LogP contribution is 2.17. The molecule has 1 heterocycles. The summed E-state index contributed by atoms with van der Waals surface area (Å²) >= 11 is 0. The van der Waals surface area contributed by atoms with Crippen LogP contribution in [0, 0.1) is 11.3 Å². The predicted molar refractivity (Wildman–Crippen MR) is 85.6 cm³/mol. The Morgan fingerprint density at radius 3 is 2.64 bits per heavy atom. The van der Waals surface area contributed by atoms with Crippen molar-refractivity contribution in [2.24, 2.45) is 0 Å². The zero-order valence-electron chi connectivity index (χ0n) is 12.3. The molecule has 0 radical (unpaired) electrons. The molecule has 4 nitrogen and oxygen atoms in total. The number of hydrogen-bond donors (Lipinski definition) is 0. The second kappa shape index (κ2) is 6.77. The predicted octanol–water partition coefficient (Wildman–Crippen LogP) is 3.57. The van der Waals surface area contributed by atoms with Gasteiger partial charge in [-0.2, -0.15) is 5.26 Å². The van der Waals surface area contributed by atoms with Gasteiger partial charge >= 0.3 is 0 Å². The van der Waals surface area contributed by atoms with Gasteiger partial charge < -0.3 is 9.30 Å². The molecule has 0 amide bonds. The topological polar surface area (TPSA) is 50.8 Å². The third-order valence-electron chi connectivity index (χ3n) is 3.52. The highest BCUT2D eigenvalue weighted by molar-refractivity contribution is 5.76. The van der Waals surface area contributed by atoms with E-state index in [-0.39, 0.29) is 0 Å². The first kappa shape index (κ1) is 14.2. The van der Waals surface area contributed by atoms with E-state index in [1.165, 1.54) is 0 Å². The lowest BCUT2D eigenvalue weighted by Gasteiger charge is -2.07. The quantitative estimate of drug-likeness (QED) is 0.652. The SMILES string of the molecule is N#CCn1c(CCCOc2ccccc2)nc2ccccc21. The molecule has 0 atom stereocenters. The van der Waals surface area contributed by atoms with E-state index in [2.05, 4.69) is 11.1 Å². The van der Waals surface area contributed by atoms with Crippen molar-refractivity contribution in [1.29, 1.82) is 5.26 Å². The van der Waals surface area contributed by atoms with Crippen LogP contribution in [0.3, 0.4) is 0 Å². The summed E-state index contributed by atoms with van der Waals surface area (Å²) in [6, 6.07) is 19.9. The van der Waals surface area contributed by atoms with Crippen LogP contribution in [0.5, 0.6) is 5.75 Å². The van der Waals surface area contributed by atoms with Gasteiger partial charge in [-0.05, 0) is 30.7 Å². The first-order valence-electron chi connectivity index (χ1n) is 7.37. The number of fused-ring (bicyclic) bond motifs is 1. The summed E-state index contributed by atoms with van der Waals surface area (Å²) in [5.74, 6) is 1.83. The molecule has 1 aromatic heterocycles. The second-order valence-corrected chi connectivity index (χ2v) is 5.03. The molecule has 0 saturated heterocycles. The van der Waals surface area contributed by atoms with Gasteiger partial charge in [0.05, 0.1) is 23.7 Å². The monoisotopic (exact) mass is 291 g/mol. The molecule has 2 aromatic carbocycles. The number of aryl methyl sites for hydroxylation is 1. The maximum Gasteiger partial charge on any atom is 0.119 e. The molecular formula is C18H17N3O. The Labute approximate surface area is 129 Å². The molecule has 0 aliphatic carbocycles. The molecule has 0 spiro atoms. The zero-order valence-corrected chi connectivity index (χ0v) is 12.3. The minimum atomic E-state index is 0.329. The average Bonchev–Trinajstić information content (AvgIpc) is 2.91. The molecule has 3 aromatic rings. The van der Waals surface area contributed by atoms with Gasteiger partial charge in [0, 0.05) is 6.42 Å². The van der Waals surface area contributed by atoms with Crippen molar-refractivity contribution in [1.82, 2.24) is 9.55 Å². The summed E-state index contributed by atoms with van der Waals surface area (Å²) in [6.07, 6.45) is 1.66. The Balaban J connectivity index is 1.66. The summed E-state index contributed by atoms with van der Waals surface area (Å²) < 4.78 is 7.68. The number of nitrogens with zero attached hydrogens (tertiary/aromatic N) is 3. The van der Waals surface area contributed by atoms with Crippen LogP contribution >= 0.6 is 0 Å². The molecule has 0 unspecified atom stereocenters. The molecule has 4 heteroatoms. The summed E-state index contributed by atoms with van der Waals surface area (Å²) in [6.45, 7) is 0.967. The van der Waals surface area contributed by atoms with E-state index in [1.54, 1.807) is 0 Å². The van der Waals surface area contributed by atoms with Gasteiger partial charge in [-0.3, -0.25) is 0 Å². The molecule has 0 aliphatic rings. The van der Waals surface area contributed by atoms with Crippen molar-refractivity contribution >= 4 is 11.0 Å². The number of nitriles is 1. The van der Waals surface area contributed by atoms with Crippen molar-refractivity contribution in [3.63, 3.8) is 0 Å². The minimum Gasteiger partial charge on any atom is -0.494 e. The molecule has 3 rings (SSSR count). The van der Waals surface area contributed by atoms with Crippen molar-refractivity contribution in [2.75, 3.05) is 6.61 Å². The van der Waals surface area contributed by atoms with E-state index in [9.17, 15) is 0 Å². The van der Waals surface area contributed by atoms with Crippen LogP contribution in [0.2, 0.25) is 0 Å². The molecular weight excluding hydrogens is 274 g/mol. The van der Waals surface area contributed by atoms with Crippen LogP contribution in [-0.4, -0.2) is 16.2 Å². The number of benzene rings is 2. The van der Waals surface area contributed by atoms with E-state index in [0.717, 1.165) is 35.4 Å². The highest BCUT2D eigenvalue weighted by Gasteiger charge is 2.09. The summed E-state index contributed by atoms with van der Waals surface area (Å²) in [4.78, 5) is 4.63. The number of aromatic nitrogens is 2. The van der Waals surface area contributed by atoms with Crippen LogP contribution in [0.1, 0.15) is 12.2 Å². The van der Waals surface area contributed by atoms with Crippen LogP contribution in [0.4, 0.5) is 0 Å². The van der Waals surface area contributed by atoms with Gasteiger partial charge in [-0.25, -0.2) is 4.98 Å². The first-order valence-corrected chi connectivity index (χ1v) is 7.37. The molecule has 110 valence electrons. The van der Waals surface area contributed by atoms with Crippen LogP contribution in [-0.2, 0) is 13.0 Å². The fourth-order valence-electron chi connectivity index (χ4n) is 2.50. The number of para-hydroxylation sites is 3. The van der Waals surface area contributed by atoms with Crippen LogP contribution < -0.4 is 4.74 Å². The minimum absolute atomic E-state index is 0.329. The second-order valence-electron chi connectivity index (χ2n) is 5.03. The van der Waals surface area contributed by atoms with Gasteiger partial charge in [0.2, 0.25) is 0 Å². The molecule has 0 N–H and O–H groups in total. The van der Waals surface area contributed by atoms with E-state index >= 15 is 0 Å². The molecule has 22 heavy (non-hydrogen) atoms. The summed E-state index contributed by atoms with van der Waals surface area (Å²) in [5.41, 5.74) is 1.96. The molecule has 0 bridgehead atoms. The van der Waals surface area contributed by atoms with Gasteiger partial charge in [-0.15, -0.1) is 0 Å². The van der Waals surface area contributed by atoms with E-state index < -0.39 is 0 Å². The third-order valence-corrected chi connectivity index (χ3v) is 3.52. The first-order chi connectivity index (χ1) is 10.9. The maximum atomic E-state index is 9.02. The smallest absolute Gasteiger partial charge is 0.119 e. The number of imidazole rings is 1. The normalized spacial score (nSPS) is 10.5. The fraction of sp³-hybridized carbons (Fsp3) is 0.222. The lowest BCUT2D eigenvalue weighted by atomic mass is 10.3. The van der Waals surface area contributed by atoms with Crippen LogP contribution in [0.15, 0.2) is 54.6 Å². The van der Waals surface area contributed by atoms with Crippen LogP contribution in [0.25, 0.3) is 11.0 Å².